The maximum Gasteiger partial charge on any atom is 0.326 e. The van der Waals surface area contributed by atoms with Gasteiger partial charge in [0.15, 0.2) is 0 Å². The zero-order valence-corrected chi connectivity index (χ0v) is 17.5. The van der Waals surface area contributed by atoms with Crippen molar-refractivity contribution in [1.82, 2.24) is 25.9 Å². The van der Waals surface area contributed by atoms with Gasteiger partial charge in [-0.05, 0) is 25.8 Å². The molecule has 0 saturated heterocycles. The van der Waals surface area contributed by atoms with Gasteiger partial charge in [0, 0.05) is 18.3 Å². The molecule has 0 aliphatic carbocycles. The smallest absolute Gasteiger partial charge is 0.326 e. The number of aliphatic carboxylic acids is 1. The molecule has 0 spiro atoms. The van der Waals surface area contributed by atoms with Crippen LogP contribution in [0.5, 0.6) is 0 Å². The molecule has 0 saturated carbocycles. The van der Waals surface area contributed by atoms with Crippen LogP contribution in [0.2, 0.25) is 0 Å². The van der Waals surface area contributed by atoms with Gasteiger partial charge < -0.3 is 47.7 Å². The number of nitrogens with one attached hydrogen (secondary N) is 4. The molecule has 1 aromatic rings. The number of rotatable bonds is 15. The molecule has 1 rings (SSSR count). The Labute approximate surface area is 184 Å². The van der Waals surface area contributed by atoms with Crippen LogP contribution in [-0.4, -0.2) is 92.9 Å². The number of carboxylic acid groups (broad SMARTS) is 1. The van der Waals surface area contributed by atoms with Crippen molar-refractivity contribution in [1.29, 1.82) is 0 Å². The van der Waals surface area contributed by atoms with Crippen LogP contribution in [-0.2, 0) is 25.6 Å². The van der Waals surface area contributed by atoms with Crippen LogP contribution in [0.15, 0.2) is 12.5 Å². The largest absolute Gasteiger partial charge is 0.480 e. The number of aromatic amines is 1. The molecule has 0 aliphatic rings. The number of H-pyrrole nitrogens is 1. The Morgan fingerprint density at radius 2 is 1.53 bits per heavy atom. The maximum absolute atomic E-state index is 12.4. The van der Waals surface area contributed by atoms with Crippen LogP contribution >= 0.6 is 0 Å². The first-order valence-electron chi connectivity index (χ1n) is 10.0. The lowest BCUT2D eigenvalue weighted by molar-refractivity contribution is -0.142. The predicted octanol–water partition coefficient (Wildman–Crippen LogP) is -4.07. The van der Waals surface area contributed by atoms with E-state index in [0.717, 1.165) is 0 Å². The second-order valence-electron chi connectivity index (χ2n) is 7.06. The van der Waals surface area contributed by atoms with Crippen LogP contribution in [0.25, 0.3) is 0 Å². The van der Waals surface area contributed by atoms with E-state index in [-0.39, 0.29) is 12.8 Å². The fourth-order valence-corrected chi connectivity index (χ4v) is 2.69. The van der Waals surface area contributed by atoms with E-state index in [2.05, 4.69) is 25.9 Å². The number of carboxylic acids is 1. The molecule has 3 amide bonds. The van der Waals surface area contributed by atoms with E-state index in [4.69, 9.17) is 11.5 Å². The number of hydrogen-bond donors (Lipinski definition) is 9. The first-order valence-corrected chi connectivity index (χ1v) is 10.0. The summed E-state index contributed by atoms with van der Waals surface area (Å²) in [6, 6.07) is -5.21. The minimum absolute atomic E-state index is 0.105. The van der Waals surface area contributed by atoms with Crippen LogP contribution in [0.3, 0.4) is 0 Å². The van der Waals surface area contributed by atoms with E-state index in [1.807, 2.05) is 0 Å². The van der Waals surface area contributed by atoms with Crippen LogP contribution in [0.4, 0.5) is 0 Å². The van der Waals surface area contributed by atoms with Crippen LogP contribution in [0.1, 0.15) is 25.0 Å². The molecule has 0 aliphatic heterocycles. The number of carbonyl (C=O) groups is 4. The van der Waals surface area contributed by atoms with Crippen molar-refractivity contribution in [2.45, 2.75) is 49.9 Å². The van der Waals surface area contributed by atoms with E-state index in [9.17, 15) is 34.5 Å². The Balaban J connectivity index is 2.66. The van der Waals surface area contributed by atoms with Crippen molar-refractivity contribution in [3.05, 3.63) is 18.2 Å². The third kappa shape index (κ3) is 8.97. The lowest BCUT2D eigenvalue weighted by Crippen LogP contribution is -2.59. The Morgan fingerprint density at radius 3 is 2.00 bits per heavy atom. The van der Waals surface area contributed by atoms with Gasteiger partial charge in [-0.15, -0.1) is 0 Å². The Hall–Kier alpha value is -3.07. The van der Waals surface area contributed by atoms with Crippen molar-refractivity contribution in [3.8, 4) is 0 Å². The van der Waals surface area contributed by atoms with E-state index < -0.39 is 61.1 Å². The van der Waals surface area contributed by atoms with Crippen LogP contribution < -0.4 is 27.4 Å². The summed E-state index contributed by atoms with van der Waals surface area (Å²) in [6.45, 7) is -1.27. The lowest BCUT2D eigenvalue weighted by Gasteiger charge is -2.23. The van der Waals surface area contributed by atoms with Crippen molar-refractivity contribution in [2.24, 2.45) is 11.5 Å². The second kappa shape index (κ2) is 14.1. The Morgan fingerprint density at radius 1 is 0.969 bits per heavy atom. The number of amides is 3. The summed E-state index contributed by atoms with van der Waals surface area (Å²) < 4.78 is 0. The molecule has 32 heavy (non-hydrogen) atoms. The van der Waals surface area contributed by atoms with E-state index >= 15 is 0 Å². The average Bonchev–Trinajstić information content (AvgIpc) is 3.27. The summed E-state index contributed by atoms with van der Waals surface area (Å²) in [7, 11) is 0. The number of aliphatic hydroxyl groups excluding tert-OH is 2. The third-order valence-corrected chi connectivity index (χ3v) is 4.52. The SMILES string of the molecule is NCCCCC(NC(=O)C(CO)NC(=O)C(CO)NC(=O)C(N)Cc1cnc[nH]1)C(=O)O. The van der Waals surface area contributed by atoms with Crippen molar-refractivity contribution in [2.75, 3.05) is 19.8 Å². The quantitative estimate of drug-likeness (QED) is 0.115. The van der Waals surface area contributed by atoms with E-state index in [1.54, 1.807) is 0 Å². The van der Waals surface area contributed by atoms with Gasteiger partial charge in [-0.3, -0.25) is 14.4 Å². The second-order valence-corrected chi connectivity index (χ2v) is 7.06. The van der Waals surface area contributed by atoms with Gasteiger partial charge in [-0.2, -0.15) is 0 Å². The van der Waals surface area contributed by atoms with Crippen LogP contribution in [0, 0.1) is 0 Å². The van der Waals surface area contributed by atoms with Crippen molar-refractivity contribution in [3.63, 3.8) is 0 Å². The average molecular weight is 457 g/mol. The minimum Gasteiger partial charge on any atom is -0.480 e. The van der Waals surface area contributed by atoms with Gasteiger partial charge in [0.2, 0.25) is 17.7 Å². The Bertz CT molecular complexity index is 744. The highest BCUT2D eigenvalue weighted by Crippen LogP contribution is 2.02. The summed E-state index contributed by atoms with van der Waals surface area (Å²) in [5.74, 6) is -3.89. The molecule has 1 heterocycles. The normalized spacial score (nSPS) is 14.6. The number of carbonyl (C=O) groups excluding carboxylic acids is 3. The first kappa shape index (κ1) is 27.0. The number of aliphatic hydroxyl groups is 2. The number of nitrogens with two attached hydrogens (primary N) is 2. The number of imidazole rings is 1. The monoisotopic (exact) mass is 457 g/mol. The number of unbranched alkanes of at least 4 members (excludes halogenated alkanes) is 1. The molecular formula is C18H31N7O7. The molecule has 1 aromatic heterocycles. The highest BCUT2D eigenvalue weighted by atomic mass is 16.4. The molecule has 4 atom stereocenters. The topological polar surface area (TPSA) is 246 Å². The zero-order valence-electron chi connectivity index (χ0n) is 17.5. The van der Waals surface area contributed by atoms with Gasteiger partial charge in [0.05, 0.1) is 25.6 Å². The summed E-state index contributed by atoms with van der Waals surface area (Å²) >= 11 is 0. The third-order valence-electron chi connectivity index (χ3n) is 4.52. The molecule has 14 nitrogen and oxygen atoms in total. The van der Waals surface area contributed by atoms with Crippen molar-refractivity contribution >= 4 is 23.7 Å². The van der Waals surface area contributed by atoms with Gasteiger partial charge in [0.25, 0.3) is 0 Å². The number of hydrogen-bond acceptors (Lipinski definition) is 9. The molecule has 14 heteroatoms. The van der Waals surface area contributed by atoms with E-state index in [0.29, 0.717) is 25.1 Å². The molecule has 0 bridgehead atoms. The highest BCUT2D eigenvalue weighted by molar-refractivity contribution is 5.94. The maximum atomic E-state index is 12.4. The molecular weight excluding hydrogens is 426 g/mol. The molecule has 4 unspecified atom stereocenters. The molecule has 0 aromatic carbocycles. The molecule has 0 fully saturated rings. The van der Waals surface area contributed by atoms with Gasteiger partial charge >= 0.3 is 5.97 Å². The fourth-order valence-electron chi connectivity index (χ4n) is 2.69. The Kier molecular flexibility index (Phi) is 11.9. The molecule has 180 valence electrons. The lowest BCUT2D eigenvalue weighted by atomic mass is 10.1. The van der Waals surface area contributed by atoms with Gasteiger partial charge in [0.1, 0.15) is 18.1 Å². The highest BCUT2D eigenvalue weighted by Gasteiger charge is 2.29. The minimum atomic E-state index is -1.50. The first-order chi connectivity index (χ1) is 15.2. The standard InChI is InChI=1S/C18H31N7O7/c19-4-2-1-3-12(18(31)32)23-16(29)14(8-27)25-17(30)13(7-26)24-15(28)11(20)5-10-6-21-9-22-10/h6,9,11-14,26-27H,1-5,7-8,19-20H2,(H,21,22)(H,23,29)(H,24,28)(H,25,30)(H,31,32). The predicted molar refractivity (Wildman–Crippen MR) is 111 cm³/mol. The van der Waals surface area contributed by atoms with Crippen molar-refractivity contribution < 1.29 is 34.5 Å². The summed E-state index contributed by atoms with van der Waals surface area (Å²) in [5, 5.41) is 34.8. The van der Waals surface area contributed by atoms with Gasteiger partial charge in [-0.25, -0.2) is 9.78 Å². The zero-order chi connectivity index (χ0) is 24.1. The molecule has 11 N–H and O–H groups in total. The van der Waals surface area contributed by atoms with E-state index in [1.165, 1.54) is 12.5 Å². The summed E-state index contributed by atoms with van der Waals surface area (Å²) in [5.41, 5.74) is 11.7. The molecule has 0 radical (unpaired) electrons. The number of nitrogens with zero attached hydrogens (tertiary/aromatic N) is 1. The summed E-state index contributed by atoms with van der Waals surface area (Å²) in [4.78, 5) is 54.8. The summed E-state index contributed by atoms with van der Waals surface area (Å²) in [6.07, 6.45) is 4.15. The number of aromatic nitrogens is 2. The fraction of sp³-hybridized carbons (Fsp3) is 0.611. The van der Waals surface area contributed by atoms with Gasteiger partial charge in [-0.1, -0.05) is 0 Å².